The molecule has 0 saturated carbocycles. The van der Waals surface area contributed by atoms with Crippen LogP contribution in [0.5, 0.6) is 5.75 Å². The van der Waals surface area contributed by atoms with E-state index in [4.69, 9.17) is 4.74 Å². The standard InChI is InChI=1S/C22H18FNO3/c1-13-10-20(21(25)11-19(13)23)24-22(26)27-12-18-16-8-4-2-6-14(16)15-7-3-5-9-17(15)18/h2-11,18,25H,12H2,1H3,(H,24,26). The van der Waals surface area contributed by atoms with E-state index in [-0.39, 0.29) is 24.0 Å². The maximum atomic E-state index is 13.4. The van der Waals surface area contributed by atoms with Crippen LogP contribution in [-0.2, 0) is 4.74 Å². The van der Waals surface area contributed by atoms with Crippen LogP contribution in [0.25, 0.3) is 11.1 Å². The predicted octanol–water partition coefficient (Wildman–Crippen LogP) is 5.20. The van der Waals surface area contributed by atoms with Gasteiger partial charge in [0.25, 0.3) is 0 Å². The third kappa shape index (κ3) is 3.12. The second-order valence-electron chi connectivity index (χ2n) is 6.57. The Morgan fingerprint density at radius 2 is 1.67 bits per heavy atom. The minimum Gasteiger partial charge on any atom is -0.506 e. The number of hydrogen-bond acceptors (Lipinski definition) is 3. The molecule has 0 fully saturated rings. The van der Waals surface area contributed by atoms with Crippen LogP contribution < -0.4 is 5.32 Å². The van der Waals surface area contributed by atoms with Crippen molar-refractivity contribution in [1.82, 2.24) is 0 Å². The van der Waals surface area contributed by atoms with E-state index >= 15 is 0 Å². The molecule has 2 N–H and O–H groups in total. The van der Waals surface area contributed by atoms with Crippen molar-refractivity contribution in [2.24, 2.45) is 0 Å². The van der Waals surface area contributed by atoms with Gasteiger partial charge in [-0.05, 0) is 40.8 Å². The summed E-state index contributed by atoms with van der Waals surface area (Å²) in [7, 11) is 0. The Bertz CT molecular complexity index is 986. The molecule has 0 radical (unpaired) electrons. The summed E-state index contributed by atoms with van der Waals surface area (Å²) in [5.41, 5.74) is 4.97. The van der Waals surface area contributed by atoms with Gasteiger partial charge in [0.05, 0.1) is 5.69 Å². The van der Waals surface area contributed by atoms with Crippen LogP contribution in [-0.4, -0.2) is 17.8 Å². The number of anilines is 1. The molecule has 0 atom stereocenters. The molecule has 0 saturated heterocycles. The van der Waals surface area contributed by atoms with Crippen molar-refractivity contribution in [3.05, 3.63) is 83.2 Å². The number of hydrogen-bond donors (Lipinski definition) is 2. The lowest BCUT2D eigenvalue weighted by atomic mass is 9.98. The van der Waals surface area contributed by atoms with Gasteiger partial charge >= 0.3 is 6.09 Å². The molecule has 5 heteroatoms. The Morgan fingerprint density at radius 1 is 1.07 bits per heavy atom. The molecule has 1 aliphatic carbocycles. The Kier molecular flexibility index (Phi) is 4.28. The van der Waals surface area contributed by atoms with Gasteiger partial charge in [0.1, 0.15) is 18.2 Å². The fourth-order valence-electron chi connectivity index (χ4n) is 3.52. The number of carbonyl (C=O) groups is 1. The topological polar surface area (TPSA) is 58.6 Å². The summed E-state index contributed by atoms with van der Waals surface area (Å²) in [5.74, 6) is -0.927. The molecule has 0 spiro atoms. The molecule has 0 heterocycles. The van der Waals surface area contributed by atoms with Crippen LogP contribution in [0.4, 0.5) is 14.9 Å². The summed E-state index contributed by atoms with van der Waals surface area (Å²) >= 11 is 0. The molecule has 27 heavy (non-hydrogen) atoms. The van der Waals surface area contributed by atoms with Gasteiger partial charge in [-0.2, -0.15) is 0 Å². The van der Waals surface area contributed by atoms with E-state index in [0.29, 0.717) is 5.56 Å². The van der Waals surface area contributed by atoms with Crippen molar-refractivity contribution in [3.63, 3.8) is 0 Å². The van der Waals surface area contributed by atoms with E-state index in [0.717, 1.165) is 28.3 Å². The first-order valence-corrected chi connectivity index (χ1v) is 8.65. The summed E-state index contributed by atoms with van der Waals surface area (Å²) in [6.07, 6.45) is -0.696. The van der Waals surface area contributed by atoms with E-state index in [9.17, 15) is 14.3 Å². The van der Waals surface area contributed by atoms with Crippen molar-refractivity contribution in [1.29, 1.82) is 0 Å². The van der Waals surface area contributed by atoms with Gasteiger partial charge in [0, 0.05) is 12.0 Å². The third-order valence-electron chi connectivity index (χ3n) is 4.86. The highest BCUT2D eigenvalue weighted by Crippen LogP contribution is 2.44. The number of phenolic OH excluding ortho intramolecular Hbond substituents is 1. The smallest absolute Gasteiger partial charge is 0.411 e. The molecule has 4 nitrogen and oxygen atoms in total. The number of phenols is 1. The summed E-state index contributed by atoms with van der Waals surface area (Å²) in [6.45, 7) is 1.72. The molecule has 1 amide bonds. The second-order valence-corrected chi connectivity index (χ2v) is 6.57. The number of benzene rings is 3. The molecule has 0 bridgehead atoms. The van der Waals surface area contributed by atoms with Crippen LogP contribution in [0.1, 0.15) is 22.6 Å². The Balaban J connectivity index is 1.51. The fourth-order valence-corrected chi connectivity index (χ4v) is 3.52. The number of aryl methyl sites for hydroxylation is 1. The summed E-state index contributed by atoms with van der Waals surface area (Å²) in [5, 5.41) is 12.3. The highest BCUT2D eigenvalue weighted by molar-refractivity contribution is 5.87. The number of ether oxygens (including phenoxy) is 1. The van der Waals surface area contributed by atoms with Crippen LogP contribution in [0.2, 0.25) is 0 Å². The van der Waals surface area contributed by atoms with Crippen molar-refractivity contribution in [3.8, 4) is 16.9 Å². The average molecular weight is 363 g/mol. The van der Waals surface area contributed by atoms with Crippen molar-refractivity contribution >= 4 is 11.8 Å². The second kappa shape index (κ2) is 6.76. The van der Waals surface area contributed by atoms with E-state index in [1.807, 2.05) is 36.4 Å². The minimum atomic E-state index is -0.696. The lowest BCUT2D eigenvalue weighted by Gasteiger charge is -2.15. The first kappa shape index (κ1) is 17.1. The molecule has 0 aromatic heterocycles. The van der Waals surface area contributed by atoms with Crippen molar-refractivity contribution in [2.75, 3.05) is 11.9 Å². The number of nitrogens with one attached hydrogen (secondary N) is 1. The average Bonchev–Trinajstić information content (AvgIpc) is 2.98. The highest BCUT2D eigenvalue weighted by Gasteiger charge is 2.29. The van der Waals surface area contributed by atoms with Gasteiger partial charge in [-0.25, -0.2) is 9.18 Å². The van der Waals surface area contributed by atoms with Gasteiger partial charge < -0.3 is 9.84 Å². The van der Waals surface area contributed by atoms with Crippen LogP contribution in [0, 0.1) is 12.7 Å². The Morgan fingerprint density at radius 3 is 2.30 bits per heavy atom. The molecular formula is C22H18FNO3. The van der Waals surface area contributed by atoms with E-state index in [1.165, 1.54) is 6.07 Å². The normalized spacial score (nSPS) is 12.4. The molecule has 1 aliphatic rings. The van der Waals surface area contributed by atoms with Gasteiger partial charge in [-0.1, -0.05) is 48.5 Å². The fraction of sp³-hybridized carbons (Fsp3) is 0.136. The van der Waals surface area contributed by atoms with Gasteiger partial charge in [0.2, 0.25) is 0 Å². The zero-order valence-corrected chi connectivity index (χ0v) is 14.7. The molecule has 0 unspecified atom stereocenters. The van der Waals surface area contributed by atoms with Gasteiger partial charge in [0.15, 0.2) is 0 Å². The van der Waals surface area contributed by atoms with Crippen molar-refractivity contribution < 1.29 is 19.0 Å². The van der Waals surface area contributed by atoms with Crippen LogP contribution in [0.15, 0.2) is 60.7 Å². The van der Waals surface area contributed by atoms with E-state index < -0.39 is 11.9 Å². The predicted molar refractivity (Wildman–Crippen MR) is 101 cm³/mol. The first-order chi connectivity index (χ1) is 13.0. The molecule has 136 valence electrons. The Labute approximate surface area is 156 Å². The maximum Gasteiger partial charge on any atom is 0.411 e. The molecule has 4 rings (SSSR count). The zero-order chi connectivity index (χ0) is 19.0. The lowest BCUT2D eigenvalue weighted by Crippen LogP contribution is -2.18. The summed E-state index contributed by atoms with van der Waals surface area (Å²) < 4.78 is 18.8. The van der Waals surface area contributed by atoms with E-state index in [1.54, 1.807) is 6.92 Å². The van der Waals surface area contributed by atoms with Gasteiger partial charge in [-0.3, -0.25) is 5.32 Å². The molecule has 3 aromatic rings. The summed E-state index contributed by atoms with van der Waals surface area (Å²) in [6, 6.07) is 18.5. The first-order valence-electron chi connectivity index (χ1n) is 8.65. The SMILES string of the molecule is Cc1cc(NC(=O)OCC2c3ccccc3-c3ccccc32)c(O)cc1F. The Hall–Kier alpha value is -3.34. The summed E-state index contributed by atoms with van der Waals surface area (Å²) in [4.78, 5) is 12.2. The van der Waals surface area contributed by atoms with Crippen LogP contribution >= 0.6 is 0 Å². The zero-order valence-electron chi connectivity index (χ0n) is 14.7. The molecule has 0 aliphatic heterocycles. The van der Waals surface area contributed by atoms with Crippen molar-refractivity contribution in [2.45, 2.75) is 12.8 Å². The number of carbonyl (C=O) groups excluding carboxylic acids is 1. The third-order valence-corrected chi connectivity index (χ3v) is 4.86. The van der Waals surface area contributed by atoms with E-state index in [2.05, 4.69) is 17.4 Å². The number of aromatic hydroxyl groups is 1. The van der Waals surface area contributed by atoms with Crippen LogP contribution in [0.3, 0.4) is 0 Å². The number of fused-ring (bicyclic) bond motifs is 3. The number of halogens is 1. The lowest BCUT2D eigenvalue weighted by molar-refractivity contribution is 0.158. The number of rotatable bonds is 3. The minimum absolute atomic E-state index is 0.0494. The van der Waals surface area contributed by atoms with Gasteiger partial charge in [-0.15, -0.1) is 0 Å². The maximum absolute atomic E-state index is 13.4. The molecule has 3 aromatic carbocycles. The number of amides is 1. The molecular weight excluding hydrogens is 345 g/mol. The highest BCUT2D eigenvalue weighted by atomic mass is 19.1. The quantitative estimate of drug-likeness (QED) is 0.629. The monoisotopic (exact) mass is 363 g/mol. The largest absolute Gasteiger partial charge is 0.506 e.